The number of benzene rings is 1. The number of halogens is 1. The molecule has 1 aliphatic rings. The summed E-state index contributed by atoms with van der Waals surface area (Å²) in [6.45, 7) is 0.693. The fourth-order valence-electron chi connectivity index (χ4n) is 2.49. The Labute approximate surface area is 130 Å². The van der Waals surface area contributed by atoms with Gasteiger partial charge in [-0.2, -0.15) is 0 Å². The number of carbonyl (C=O) groups is 2. The van der Waals surface area contributed by atoms with Crippen LogP contribution >= 0.6 is 12.4 Å². The van der Waals surface area contributed by atoms with E-state index in [0.29, 0.717) is 6.54 Å². The number of carboxylic acids is 1. The van der Waals surface area contributed by atoms with E-state index in [4.69, 9.17) is 10.8 Å². The van der Waals surface area contributed by atoms with Crippen LogP contribution in [0, 0.1) is 0 Å². The van der Waals surface area contributed by atoms with Gasteiger partial charge < -0.3 is 15.7 Å². The summed E-state index contributed by atoms with van der Waals surface area (Å²) in [5, 5.41) is 8.76. The molecule has 1 atom stereocenters. The maximum Gasteiger partial charge on any atom is 0.320 e. The highest BCUT2D eigenvalue weighted by molar-refractivity contribution is 5.94. The van der Waals surface area contributed by atoms with Crippen LogP contribution in [0.15, 0.2) is 24.3 Å². The molecule has 6 heteroatoms. The van der Waals surface area contributed by atoms with E-state index in [2.05, 4.69) is 0 Å². The maximum atomic E-state index is 12.3. The number of nitrogens with two attached hydrogens (primary N) is 1. The van der Waals surface area contributed by atoms with Crippen molar-refractivity contribution in [2.45, 2.75) is 38.1 Å². The number of nitrogens with zero attached hydrogens (tertiary/aromatic N) is 1. The average molecular weight is 313 g/mol. The molecule has 1 aromatic carbocycles. The van der Waals surface area contributed by atoms with Gasteiger partial charge >= 0.3 is 5.97 Å². The number of fused-ring (bicyclic) bond motifs is 1. The Bertz CT molecular complexity index is 507. The second-order valence-corrected chi connectivity index (χ2v) is 5.11. The Hall–Kier alpha value is -1.59. The van der Waals surface area contributed by atoms with Crippen molar-refractivity contribution in [3.05, 3.63) is 29.8 Å². The molecule has 3 N–H and O–H groups in total. The molecule has 1 amide bonds. The van der Waals surface area contributed by atoms with Crippen LogP contribution in [0.1, 0.15) is 31.2 Å². The molecule has 0 spiro atoms. The molecule has 2 rings (SSSR count). The quantitative estimate of drug-likeness (QED) is 0.890. The Morgan fingerprint density at radius 3 is 2.71 bits per heavy atom. The highest BCUT2D eigenvalue weighted by atomic mass is 35.5. The predicted octanol–water partition coefficient (Wildman–Crippen LogP) is 1.97. The molecule has 1 aliphatic heterocycles. The van der Waals surface area contributed by atoms with Gasteiger partial charge in [0.25, 0.3) is 0 Å². The number of amides is 1. The lowest BCUT2D eigenvalue weighted by atomic mass is 10.1. The lowest BCUT2D eigenvalue weighted by Gasteiger charge is -2.23. The summed E-state index contributed by atoms with van der Waals surface area (Å²) in [6, 6.07) is 6.93. The van der Waals surface area contributed by atoms with Crippen LogP contribution < -0.4 is 10.6 Å². The Kier molecular flexibility index (Phi) is 6.65. The third kappa shape index (κ3) is 4.44. The van der Waals surface area contributed by atoms with Crippen LogP contribution in [0.2, 0.25) is 0 Å². The normalized spacial score (nSPS) is 15.4. The average Bonchev–Trinajstić information content (AvgIpc) is 2.66. The van der Waals surface area contributed by atoms with Gasteiger partial charge in [-0.05, 0) is 37.3 Å². The van der Waals surface area contributed by atoms with Crippen molar-refractivity contribution in [3.8, 4) is 0 Å². The second kappa shape index (κ2) is 8.00. The van der Waals surface area contributed by atoms with Crippen LogP contribution in [0.4, 0.5) is 5.69 Å². The number of carbonyl (C=O) groups excluding carboxylic acids is 1. The van der Waals surface area contributed by atoms with E-state index in [9.17, 15) is 9.59 Å². The van der Waals surface area contributed by atoms with Crippen LogP contribution in [0.25, 0.3) is 0 Å². The van der Waals surface area contributed by atoms with E-state index in [1.807, 2.05) is 24.3 Å². The van der Waals surface area contributed by atoms with Gasteiger partial charge in [0.2, 0.25) is 5.91 Å². The van der Waals surface area contributed by atoms with Crippen molar-refractivity contribution in [3.63, 3.8) is 0 Å². The summed E-state index contributed by atoms with van der Waals surface area (Å²) in [5.41, 5.74) is 7.59. The van der Waals surface area contributed by atoms with Crippen molar-refractivity contribution in [1.29, 1.82) is 0 Å². The number of hydrogen-bond donors (Lipinski definition) is 2. The smallest absolute Gasteiger partial charge is 0.320 e. The first kappa shape index (κ1) is 17.5. The molecule has 5 nitrogen and oxygen atoms in total. The molecule has 21 heavy (non-hydrogen) atoms. The van der Waals surface area contributed by atoms with Crippen LogP contribution in [0.3, 0.4) is 0 Å². The SMILES string of the molecule is Cl.NC(CCC(=O)N1CCCCc2ccccc21)C(=O)O. The molecule has 1 aromatic rings. The van der Waals surface area contributed by atoms with Gasteiger partial charge in [0.05, 0.1) is 0 Å². The van der Waals surface area contributed by atoms with E-state index in [1.54, 1.807) is 4.90 Å². The third-order valence-electron chi connectivity index (χ3n) is 3.65. The zero-order valence-corrected chi connectivity index (χ0v) is 12.6. The van der Waals surface area contributed by atoms with Crippen molar-refractivity contribution in [2.75, 3.05) is 11.4 Å². The maximum absolute atomic E-state index is 12.3. The minimum atomic E-state index is -1.06. The van der Waals surface area contributed by atoms with E-state index in [1.165, 1.54) is 5.56 Å². The van der Waals surface area contributed by atoms with Crippen LogP contribution in [-0.4, -0.2) is 29.6 Å². The molecule has 116 valence electrons. The Morgan fingerprint density at radius 2 is 2.00 bits per heavy atom. The van der Waals surface area contributed by atoms with Gasteiger partial charge in [0.1, 0.15) is 6.04 Å². The number of carboxylic acid groups (broad SMARTS) is 1. The largest absolute Gasteiger partial charge is 0.480 e. The number of aryl methyl sites for hydroxylation is 1. The van der Waals surface area contributed by atoms with E-state index in [0.717, 1.165) is 24.9 Å². The topological polar surface area (TPSA) is 83.6 Å². The highest BCUT2D eigenvalue weighted by Crippen LogP contribution is 2.26. The van der Waals surface area contributed by atoms with Crippen molar-refractivity contribution in [2.24, 2.45) is 5.73 Å². The standard InChI is InChI=1S/C15H20N2O3.ClH/c16-12(15(19)20)8-9-14(18)17-10-4-3-6-11-5-1-2-7-13(11)17;/h1-2,5,7,12H,3-4,6,8-10,16H2,(H,19,20);1H. The van der Waals surface area contributed by atoms with Gasteiger partial charge in [-0.3, -0.25) is 9.59 Å². The zero-order valence-electron chi connectivity index (χ0n) is 11.8. The number of aliphatic carboxylic acids is 1. The van der Waals surface area contributed by atoms with Gasteiger partial charge in [-0.1, -0.05) is 18.2 Å². The van der Waals surface area contributed by atoms with Crippen molar-refractivity contribution in [1.82, 2.24) is 0 Å². The summed E-state index contributed by atoms with van der Waals surface area (Å²) in [4.78, 5) is 24.8. The lowest BCUT2D eigenvalue weighted by Crippen LogP contribution is -2.35. The van der Waals surface area contributed by atoms with Crippen molar-refractivity contribution < 1.29 is 14.7 Å². The molecule has 0 aliphatic carbocycles. The summed E-state index contributed by atoms with van der Waals surface area (Å²) in [5.74, 6) is -1.11. The minimum absolute atomic E-state index is 0. The lowest BCUT2D eigenvalue weighted by molar-refractivity contribution is -0.138. The first-order chi connectivity index (χ1) is 9.59. The van der Waals surface area contributed by atoms with Gasteiger partial charge in [0.15, 0.2) is 0 Å². The molecular formula is C15H21ClN2O3. The molecule has 0 saturated carbocycles. The highest BCUT2D eigenvalue weighted by Gasteiger charge is 2.22. The number of anilines is 1. The molecular weight excluding hydrogens is 292 g/mol. The first-order valence-corrected chi connectivity index (χ1v) is 6.96. The van der Waals surface area contributed by atoms with E-state index < -0.39 is 12.0 Å². The molecule has 0 saturated heterocycles. The first-order valence-electron chi connectivity index (χ1n) is 6.96. The van der Waals surface area contributed by atoms with Gasteiger partial charge in [-0.25, -0.2) is 0 Å². The zero-order chi connectivity index (χ0) is 14.5. The summed E-state index contributed by atoms with van der Waals surface area (Å²) >= 11 is 0. The van der Waals surface area contributed by atoms with Crippen LogP contribution in [0.5, 0.6) is 0 Å². The second-order valence-electron chi connectivity index (χ2n) is 5.11. The van der Waals surface area contributed by atoms with E-state index >= 15 is 0 Å². The number of rotatable bonds is 4. The predicted molar refractivity (Wildman–Crippen MR) is 83.8 cm³/mol. The Balaban J connectivity index is 0.00000220. The monoisotopic (exact) mass is 312 g/mol. The summed E-state index contributed by atoms with van der Waals surface area (Å²) < 4.78 is 0. The summed E-state index contributed by atoms with van der Waals surface area (Å²) in [6.07, 6.45) is 3.35. The summed E-state index contributed by atoms with van der Waals surface area (Å²) in [7, 11) is 0. The fourth-order valence-corrected chi connectivity index (χ4v) is 2.49. The number of hydrogen-bond acceptors (Lipinski definition) is 3. The molecule has 1 unspecified atom stereocenters. The van der Waals surface area contributed by atoms with Crippen molar-refractivity contribution >= 4 is 30.0 Å². The van der Waals surface area contributed by atoms with E-state index in [-0.39, 0.29) is 31.2 Å². The molecule has 0 aromatic heterocycles. The van der Waals surface area contributed by atoms with Gasteiger partial charge in [-0.15, -0.1) is 12.4 Å². The minimum Gasteiger partial charge on any atom is -0.480 e. The molecule has 1 heterocycles. The van der Waals surface area contributed by atoms with Gasteiger partial charge in [0, 0.05) is 18.7 Å². The molecule has 0 bridgehead atoms. The molecule has 0 fully saturated rings. The van der Waals surface area contributed by atoms with Crippen LogP contribution in [-0.2, 0) is 16.0 Å². The number of para-hydroxylation sites is 1. The molecule has 0 radical (unpaired) electrons. The fraction of sp³-hybridized carbons (Fsp3) is 0.467. The Morgan fingerprint density at radius 1 is 1.29 bits per heavy atom. The third-order valence-corrected chi connectivity index (χ3v) is 3.65.